The summed E-state index contributed by atoms with van der Waals surface area (Å²) in [6.07, 6.45) is 0. The number of rotatable bonds is 3. The van der Waals surface area contributed by atoms with Crippen LogP contribution in [0.3, 0.4) is 0 Å². The number of nitrogens with one attached hydrogen (secondary N) is 1. The van der Waals surface area contributed by atoms with E-state index in [4.69, 9.17) is 5.84 Å². The molecule has 1 heterocycles. The molecule has 0 aliphatic rings. The van der Waals surface area contributed by atoms with Gasteiger partial charge in [-0.1, -0.05) is 42.5 Å². The lowest BCUT2D eigenvalue weighted by molar-refractivity contribution is 0.640. The summed E-state index contributed by atoms with van der Waals surface area (Å²) in [4.78, 5) is 0. The summed E-state index contributed by atoms with van der Waals surface area (Å²) in [5.74, 6) is 5.81. The van der Waals surface area contributed by atoms with E-state index in [9.17, 15) is 0 Å². The summed E-state index contributed by atoms with van der Waals surface area (Å²) < 4.78 is 0. The summed E-state index contributed by atoms with van der Waals surface area (Å²) in [5.41, 5.74) is 6.72. The molecular weight excluding hydrogens is 252 g/mol. The molecule has 3 heteroatoms. The van der Waals surface area contributed by atoms with Crippen LogP contribution in [0.1, 0.15) is 22.7 Å². The van der Waals surface area contributed by atoms with Crippen molar-refractivity contribution in [3.05, 3.63) is 69.9 Å². The molecule has 96 valence electrons. The van der Waals surface area contributed by atoms with Crippen LogP contribution in [0.15, 0.2) is 53.2 Å². The molecule has 0 aliphatic carbocycles. The van der Waals surface area contributed by atoms with Crippen LogP contribution in [0.25, 0.3) is 10.8 Å². The van der Waals surface area contributed by atoms with E-state index < -0.39 is 0 Å². The van der Waals surface area contributed by atoms with Crippen LogP contribution in [0.2, 0.25) is 0 Å². The summed E-state index contributed by atoms with van der Waals surface area (Å²) in [6, 6.07) is 14.8. The summed E-state index contributed by atoms with van der Waals surface area (Å²) in [5, 5.41) is 6.82. The van der Waals surface area contributed by atoms with Crippen LogP contribution < -0.4 is 11.3 Å². The van der Waals surface area contributed by atoms with Gasteiger partial charge in [0.1, 0.15) is 0 Å². The Labute approximate surface area is 116 Å². The molecule has 0 aliphatic heterocycles. The average Bonchev–Trinajstić information content (AvgIpc) is 2.86. The van der Waals surface area contributed by atoms with Crippen molar-refractivity contribution >= 4 is 22.1 Å². The van der Waals surface area contributed by atoms with E-state index in [-0.39, 0.29) is 6.04 Å². The van der Waals surface area contributed by atoms with E-state index in [1.807, 2.05) is 0 Å². The Hall–Kier alpha value is -1.68. The molecule has 0 fully saturated rings. The van der Waals surface area contributed by atoms with Gasteiger partial charge in [0, 0.05) is 0 Å². The maximum atomic E-state index is 5.81. The molecule has 0 amide bonds. The third kappa shape index (κ3) is 2.16. The number of nitrogens with two attached hydrogens (primary N) is 1. The number of fused-ring (bicyclic) bond motifs is 1. The van der Waals surface area contributed by atoms with Crippen LogP contribution in [0.5, 0.6) is 0 Å². The van der Waals surface area contributed by atoms with Gasteiger partial charge in [-0.15, -0.1) is 0 Å². The first-order valence-corrected chi connectivity index (χ1v) is 7.22. The minimum absolute atomic E-state index is 0.0392. The Kier molecular flexibility index (Phi) is 3.34. The van der Waals surface area contributed by atoms with Gasteiger partial charge in [-0.05, 0) is 45.1 Å². The maximum absolute atomic E-state index is 5.81. The van der Waals surface area contributed by atoms with Crippen molar-refractivity contribution in [2.45, 2.75) is 13.0 Å². The summed E-state index contributed by atoms with van der Waals surface area (Å²) in [6.45, 7) is 2.13. The first-order valence-electron chi connectivity index (χ1n) is 6.27. The number of hydrogen-bond acceptors (Lipinski definition) is 3. The Bertz CT molecular complexity index is 697. The zero-order valence-electron chi connectivity index (χ0n) is 10.8. The molecule has 3 aromatic rings. The second-order valence-electron chi connectivity index (χ2n) is 4.68. The highest BCUT2D eigenvalue weighted by Crippen LogP contribution is 2.31. The number of hydrazine groups is 1. The van der Waals surface area contributed by atoms with Crippen LogP contribution >= 0.6 is 11.3 Å². The molecule has 0 bridgehead atoms. The van der Waals surface area contributed by atoms with Gasteiger partial charge in [-0.2, -0.15) is 11.3 Å². The van der Waals surface area contributed by atoms with Gasteiger partial charge in [0.05, 0.1) is 6.04 Å². The lowest BCUT2D eigenvalue weighted by Crippen LogP contribution is -2.29. The minimum Gasteiger partial charge on any atom is -0.271 e. The van der Waals surface area contributed by atoms with Gasteiger partial charge in [0.2, 0.25) is 0 Å². The van der Waals surface area contributed by atoms with Gasteiger partial charge >= 0.3 is 0 Å². The van der Waals surface area contributed by atoms with E-state index >= 15 is 0 Å². The van der Waals surface area contributed by atoms with E-state index in [1.54, 1.807) is 11.3 Å². The zero-order valence-corrected chi connectivity index (χ0v) is 11.6. The van der Waals surface area contributed by atoms with E-state index in [2.05, 4.69) is 65.6 Å². The SMILES string of the molecule is Cc1cscc1C(NN)c1cccc2ccccc12. The second kappa shape index (κ2) is 5.13. The smallest absolute Gasteiger partial charge is 0.0726 e. The Balaban J connectivity index is 2.20. The quantitative estimate of drug-likeness (QED) is 0.560. The molecule has 1 aromatic heterocycles. The second-order valence-corrected chi connectivity index (χ2v) is 5.42. The highest BCUT2D eigenvalue weighted by atomic mass is 32.1. The highest BCUT2D eigenvalue weighted by molar-refractivity contribution is 7.08. The van der Waals surface area contributed by atoms with Crippen molar-refractivity contribution in [1.82, 2.24) is 5.43 Å². The molecule has 2 aromatic carbocycles. The number of benzene rings is 2. The topological polar surface area (TPSA) is 38.0 Å². The Morgan fingerprint density at radius 1 is 1.00 bits per heavy atom. The van der Waals surface area contributed by atoms with Gasteiger partial charge < -0.3 is 0 Å². The van der Waals surface area contributed by atoms with E-state index in [0.717, 1.165) is 0 Å². The van der Waals surface area contributed by atoms with Crippen LogP contribution in [-0.4, -0.2) is 0 Å². The molecule has 0 radical (unpaired) electrons. The van der Waals surface area contributed by atoms with Gasteiger partial charge in [-0.3, -0.25) is 5.84 Å². The molecule has 1 unspecified atom stereocenters. The molecule has 3 N–H and O–H groups in total. The molecule has 0 spiro atoms. The van der Waals surface area contributed by atoms with Crippen LogP contribution in [0, 0.1) is 6.92 Å². The molecular formula is C16H16N2S. The van der Waals surface area contributed by atoms with Gasteiger partial charge in [0.25, 0.3) is 0 Å². The summed E-state index contributed by atoms with van der Waals surface area (Å²) >= 11 is 1.71. The predicted molar refractivity (Wildman–Crippen MR) is 82.2 cm³/mol. The first-order chi connectivity index (χ1) is 9.31. The van der Waals surface area contributed by atoms with Crippen molar-refractivity contribution in [2.75, 3.05) is 0 Å². The van der Waals surface area contributed by atoms with Gasteiger partial charge in [0.15, 0.2) is 0 Å². The van der Waals surface area contributed by atoms with Crippen molar-refractivity contribution in [1.29, 1.82) is 0 Å². The molecule has 19 heavy (non-hydrogen) atoms. The fourth-order valence-corrected chi connectivity index (χ4v) is 3.39. The maximum Gasteiger partial charge on any atom is 0.0726 e. The zero-order chi connectivity index (χ0) is 13.2. The van der Waals surface area contributed by atoms with Crippen molar-refractivity contribution in [2.24, 2.45) is 5.84 Å². The van der Waals surface area contributed by atoms with Crippen molar-refractivity contribution in [3.63, 3.8) is 0 Å². The highest BCUT2D eigenvalue weighted by Gasteiger charge is 2.17. The lowest BCUT2D eigenvalue weighted by Gasteiger charge is -2.18. The number of hydrogen-bond donors (Lipinski definition) is 2. The van der Waals surface area contributed by atoms with Gasteiger partial charge in [-0.25, -0.2) is 5.43 Å². The first kappa shape index (κ1) is 12.4. The minimum atomic E-state index is 0.0392. The molecule has 0 saturated heterocycles. The van der Waals surface area contributed by atoms with Crippen molar-refractivity contribution < 1.29 is 0 Å². The van der Waals surface area contributed by atoms with E-state index in [0.29, 0.717) is 0 Å². The fraction of sp³-hybridized carbons (Fsp3) is 0.125. The number of thiophene rings is 1. The third-order valence-corrected chi connectivity index (χ3v) is 4.39. The molecule has 3 rings (SSSR count). The molecule has 2 nitrogen and oxygen atoms in total. The standard InChI is InChI=1S/C16H16N2S/c1-11-9-19-10-15(11)16(18-17)14-8-4-6-12-5-2-3-7-13(12)14/h2-10,16,18H,17H2,1H3. The van der Waals surface area contributed by atoms with E-state index in [1.165, 1.54) is 27.5 Å². The number of aryl methyl sites for hydroxylation is 1. The summed E-state index contributed by atoms with van der Waals surface area (Å²) in [7, 11) is 0. The average molecular weight is 268 g/mol. The fourth-order valence-electron chi connectivity index (χ4n) is 2.52. The predicted octanol–water partition coefficient (Wildman–Crippen LogP) is 3.76. The third-order valence-electron chi connectivity index (χ3n) is 3.51. The largest absolute Gasteiger partial charge is 0.271 e. The molecule has 1 atom stereocenters. The van der Waals surface area contributed by atoms with Crippen molar-refractivity contribution in [3.8, 4) is 0 Å². The Morgan fingerprint density at radius 2 is 1.79 bits per heavy atom. The van der Waals surface area contributed by atoms with Crippen LogP contribution in [-0.2, 0) is 0 Å². The normalized spacial score (nSPS) is 12.7. The monoisotopic (exact) mass is 268 g/mol. The lowest BCUT2D eigenvalue weighted by atomic mass is 9.94. The van der Waals surface area contributed by atoms with Crippen LogP contribution in [0.4, 0.5) is 0 Å². The molecule has 0 saturated carbocycles. The Morgan fingerprint density at radius 3 is 2.53 bits per heavy atom.